The Balaban J connectivity index is 1.69. The summed E-state index contributed by atoms with van der Waals surface area (Å²) in [5.41, 5.74) is 0. The number of hydrogen-bond acceptors (Lipinski definition) is 5. The first-order valence-electron chi connectivity index (χ1n) is 3.52. The summed E-state index contributed by atoms with van der Waals surface area (Å²) in [6.45, 7) is 0.999. The van der Waals surface area contributed by atoms with Crippen LogP contribution in [0.2, 0.25) is 0 Å². The molecule has 2 aliphatic rings. The van der Waals surface area contributed by atoms with Crippen molar-refractivity contribution in [2.45, 2.75) is 24.8 Å². The number of ether oxygens (including phenoxy) is 3. The fourth-order valence-electron chi connectivity index (χ4n) is 0.758. The quantitative estimate of drug-likeness (QED) is 0.386. The summed E-state index contributed by atoms with van der Waals surface area (Å²) in [6, 6.07) is 0. The third-order valence-corrected chi connectivity index (χ3v) is 1.63. The molecule has 0 aromatic carbocycles. The molecule has 4 atom stereocenters. The summed E-state index contributed by atoms with van der Waals surface area (Å²) in [4.78, 5) is 0. The summed E-state index contributed by atoms with van der Waals surface area (Å²) in [5, 5.41) is 18.1. The molecule has 0 amide bonds. The van der Waals surface area contributed by atoms with Crippen molar-refractivity contribution in [3.8, 4) is 0 Å². The number of aliphatic hydroxyl groups is 2. The SMILES string of the molecule is OC(OC(O)C1CO1)C1CO1. The van der Waals surface area contributed by atoms with Crippen LogP contribution in [0.15, 0.2) is 0 Å². The molecule has 5 nitrogen and oxygen atoms in total. The van der Waals surface area contributed by atoms with E-state index in [0.29, 0.717) is 13.2 Å². The third kappa shape index (κ3) is 1.88. The van der Waals surface area contributed by atoms with Gasteiger partial charge in [-0.15, -0.1) is 0 Å². The fourth-order valence-corrected chi connectivity index (χ4v) is 0.758. The topological polar surface area (TPSA) is 74.8 Å². The highest BCUT2D eigenvalue weighted by molar-refractivity contribution is 4.76. The lowest BCUT2D eigenvalue weighted by Gasteiger charge is -2.12. The second kappa shape index (κ2) is 2.69. The fraction of sp³-hybridized carbons (Fsp3) is 1.00. The van der Waals surface area contributed by atoms with Crippen LogP contribution >= 0.6 is 0 Å². The number of aliphatic hydroxyl groups excluding tert-OH is 2. The normalized spacial score (nSPS) is 39.8. The minimum Gasteiger partial charge on any atom is -0.368 e. The highest BCUT2D eigenvalue weighted by atomic mass is 16.7. The zero-order valence-electron chi connectivity index (χ0n) is 5.84. The molecular formula is C6H10O5. The van der Waals surface area contributed by atoms with E-state index in [4.69, 9.17) is 24.4 Å². The van der Waals surface area contributed by atoms with Crippen molar-refractivity contribution in [3.63, 3.8) is 0 Å². The minimum absolute atomic E-state index is 0.261. The standard InChI is InChI=1S/C6H10O5/c7-5(3-1-9-3)11-6(8)4-2-10-4/h3-8H,1-2H2. The van der Waals surface area contributed by atoms with Crippen LogP contribution in [0, 0.1) is 0 Å². The van der Waals surface area contributed by atoms with E-state index in [-0.39, 0.29) is 12.2 Å². The van der Waals surface area contributed by atoms with Gasteiger partial charge in [0.2, 0.25) is 0 Å². The average molecular weight is 162 g/mol. The van der Waals surface area contributed by atoms with Crippen LogP contribution in [0.4, 0.5) is 0 Å². The Morgan fingerprint density at radius 1 is 1.09 bits per heavy atom. The Kier molecular flexibility index (Phi) is 1.82. The van der Waals surface area contributed by atoms with Crippen LogP contribution in [0.1, 0.15) is 0 Å². The molecule has 2 aliphatic heterocycles. The molecule has 64 valence electrons. The van der Waals surface area contributed by atoms with E-state index in [1.54, 1.807) is 0 Å². The van der Waals surface area contributed by atoms with Gasteiger partial charge in [0.25, 0.3) is 0 Å². The molecule has 0 aliphatic carbocycles. The van der Waals surface area contributed by atoms with Gasteiger partial charge in [-0.3, -0.25) is 0 Å². The average Bonchev–Trinajstić information content (AvgIpc) is 2.84. The molecule has 2 heterocycles. The van der Waals surface area contributed by atoms with Crippen LogP contribution in [0.25, 0.3) is 0 Å². The monoisotopic (exact) mass is 162 g/mol. The van der Waals surface area contributed by atoms with Gasteiger partial charge in [0, 0.05) is 0 Å². The molecule has 11 heavy (non-hydrogen) atoms. The van der Waals surface area contributed by atoms with Gasteiger partial charge in [0.1, 0.15) is 12.2 Å². The van der Waals surface area contributed by atoms with Gasteiger partial charge in [-0.25, -0.2) is 0 Å². The highest BCUT2D eigenvalue weighted by Crippen LogP contribution is 2.20. The lowest BCUT2D eigenvalue weighted by atomic mass is 10.4. The Bertz CT molecular complexity index is 126. The lowest BCUT2D eigenvalue weighted by molar-refractivity contribution is -0.220. The second-order valence-electron chi connectivity index (χ2n) is 2.66. The summed E-state index contributed by atoms with van der Waals surface area (Å²) >= 11 is 0. The van der Waals surface area contributed by atoms with Gasteiger partial charge in [-0.05, 0) is 0 Å². The van der Waals surface area contributed by atoms with E-state index in [1.165, 1.54) is 0 Å². The van der Waals surface area contributed by atoms with Crippen LogP contribution in [-0.2, 0) is 14.2 Å². The van der Waals surface area contributed by atoms with Crippen LogP contribution in [0.3, 0.4) is 0 Å². The Morgan fingerprint density at radius 3 is 1.73 bits per heavy atom. The maximum Gasteiger partial charge on any atom is 0.186 e. The first-order valence-corrected chi connectivity index (χ1v) is 3.52. The Hall–Kier alpha value is -0.200. The first kappa shape index (κ1) is 7.45. The molecule has 0 spiro atoms. The minimum atomic E-state index is -1.02. The zero-order valence-corrected chi connectivity index (χ0v) is 5.84. The largest absolute Gasteiger partial charge is 0.368 e. The maximum absolute atomic E-state index is 9.07. The van der Waals surface area contributed by atoms with E-state index >= 15 is 0 Å². The smallest absolute Gasteiger partial charge is 0.186 e. The third-order valence-electron chi connectivity index (χ3n) is 1.63. The first-order chi connectivity index (χ1) is 5.27. The van der Waals surface area contributed by atoms with E-state index in [1.807, 2.05) is 0 Å². The van der Waals surface area contributed by atoms with Crippen LogP contribution in [-0.4, -0.2) is 48.2 Å². The van der Waals surface area contributed by atoms with Gasteiger partial charge >= 0.3 is 0 Å². The molecule has 4 unspecified atom stereocenters. The Morgan fingerprint density at radius 2 is 1.45 bits per heavy atom. The van der Waals surface area contributed by atoms with Crippen LogP contribution < -0.4 is 0 Å². The van der Waals surface area contributed by atoms with E-state index in [2.05, 4.69) is 0 Å². The van der Waals surface area contributed by atoms with Crippen molar-refractivity contribution in [3.05, 3.63) is 0 Å². The predicted molar refractivity (Wildman–Crippen MR) is 32.6 cm³/mol. The molecule has 0 radical (unpaired) electrons. The van der Waals surface area contributed by atoms with Crippen molar-refractivity contribution in [1.29, 1.82) is 0 Å². The molecule has 0 aromatic rings. The molecule has 0 saturated carbocycles. The van der Waals surface area contributed by atoms with E-state index in [9.17, 15) is 0 Å². The molecule has 0 bridgehead atoms. The van der Waals surface area contributed by atoms with Crippen molar-refractivity contribution in [1.82, 2.24) is 0 Å². The van der Waals surface area contributed by atoms with Gasteiger partial charge < -0.3 is 24.4 Å². The molecule has 2 fully saturated rings. The lowest BCUT2D eigenvalue weighted by Crippen LogP contribution is -2.29. The number of epoxide rings is 2. The van der Waals surface area contributed by atoms with Gasteiger partial charge in [-0.2, -0.15) is 0 Å². The molecule has 2 rings (SSSR count). The number of hydrogen-bond donors (Lipinski definition) is 2. The van der Waals surface area contributed by atoms with Gasteiger partial charge in [0.05, 0.1) is 13.2 Å². The Labute approximate surface area is 63.5 Å². The molecular weight excluding hydrogens is 152 g/mol. The summed E-state index contributed by atoms with van der Waals surface area (Å²) in [5.74, 6) is 0. The van der Waals surface area contributed by atoms with Crippen molar-refractivity contribution in [2.75, 3.05) is 13.2 Å². The zero-order chi connectivity index (χ0) is 7.84. The summed E-state index contributed by atoms with van der Waals surface area (Å²) in [7, 11) is 0. The van der Waals surface area contributed by atoms with E-state index in [0.717, 1.165) is 0 Å². The molecule has 5 heteroatoms. The molecule has 2 saturated heterocycles. The van der Waals surface area contributed by atoms with Crippen molar-refractivity contribution >= 4 is 0 Å². The predicted octanol–water partition coefficient (Wildman–Crippen LogP) is -1.56. The molecule has 0 aromatic heterocycles. The summed E-state index contributed by atoms with van der Waals surface area (Å²) < 4.78 is 14.2. The summed E-state index contributed by atoms with van der Waals surface area (Å²) in [6.07, 6.45) is -2.56. The van der Waals surface area contributed by atoms with E-state index < -0.39 is 12.6 Å². The number of rotatable bonds is 4. The maximum atomic E-state index is 9.07. The molecule has 2 N–H and O–H groups in total. The highest BCUT2D eigenvalue weighted by Gasteiger charge is 2.38. The second-order valence-corrected chi connectivity index (χ2v) is 2.66. The van der Waals surface area contributed by atoms with Crippen LogP contribution in [0.5, 0.6) is 0 Å². The van der Waals surface area contributed by atoms with Gasteiger partial charge in [0.15, 0.2) is 12.6 Å². The van der Waals surface area contributed by atoms with Crippen molar-refractivity contribution in [2.24, 2.45) is 0 Å². The van der Waals surface area contributed by atoms with Crippen molar-refractivity contribution < 1.29 is 24.4 Å². The van der Waals surface area contributed by atoms with Gasteiger partial charge in [-0.1, -0.05) is 0 Å².